The van der Waals surface area contributed by atoms with Gasteiger partial charge in [-0.05, 0) is 18.8 Å². The van der Waals surface area contributed by atoms with E-state index in [0.29, 0.717) is 12.5 Å². The van der Waals surface area contributed by atoms with E-state index in [9.17, 15) is 4.79 Å². The molecule has 2 rings (SSSR count). The van der Waals surface area contributed by atoms with Crippen LogP contribution in [0.5, 0.6) is 0 Å². The Kier molecular flexibility index (Phi) is 8.94. The van der Waals surface area contributed by atoms with E-state index in [1.165, 1.54) is 0 Å². The lowest BCUT2D eigenvalue weighted by Gasteiger charge is -2.38. The van der Waals surface area contributed by atoms with Gasteiger partial charge >= 0.3 is 0 Å². The van der Waals surface area contributed by atoms with Gasteiger partial charge in [-0.2, -0.15) is 0 Å². The molecular formula is C12H25Cl2N3O2. The van der Waals surface area contributed by atoms with Gasteiger partial charge in [0.2, 0.25) is 5.91 Å². The fourth-order valence-electron chi connectivity index (χ4n) is 2.46. The molecule has 0 radical (unpaired) electrons. The van der Waals surface area contributed by atoms with Gasteiger partial charge in [-0.3, -0.25) is 4.79 Å². The number of carbonyl (C=O) groups is 1. The third-order valence-corrected chi connectivity index (χ3v) is 3.76. The van der Waals surface area contributed by atoms with Crippen molar-refractivity contribution < 1.29 is 9.53 Å². The quantitative estimate of drug-likeness (QED) is 0.788. The number of rotatable bonds is 4. The first-order chi connectivity index (χ1) is 8.20. The summed E-state index contributed by atoms with van der Waals surface area (Å²) in [4.78, 5) is 14.0. The van der Waals surface area contributed by atoms with Crippen LogP contribution in [0.1, 0.15) is 19.8 Å². The number of hydrogen-bond donors (Lipinski definition) is 2. The van der Waals surface area contributed by atoms with Gasteiger partial charge < -0.3 is 20.7 Å². The van der Waals surface area contributed by atoms with E-state index in [0.717, 1.165) is 32.5 Å². The minimum atomic E-state index is 0. The summed E-state index contributed by atoms with van der Waals surface area (Å²) in [7, 11) is 0. The molecular weight excluding hydrogens is 289 g/mol. The van der Waals surface area contributed by atoms with Crippen molar-refractivity contribution in [3.8, 4) is 0 Å². The smallest absolute Gasteiger partial charge is 0.248 e. The largest absolute Gasteiger partial charge is 0.366 e. The monoisotopic (exact) mass is 313 g/mol. The first-order valence-electron chi connectivity index (χ1n) is 6.52. The molecule has 5 nitrogen and oxygen atoms in total. The minimum absolute atomic E-state index is 0. The number of amides is 1. The summed E-state index contributed by atoms with van der Waals surface area (Å²) < 4.78 is 5.52. The second kappa shape index (κ2) is 8.97. The highest BCUT2D eigenvalue weighted by atomic mass is 35.5. The Morgan fingerprint density at radius 2 is 2.11 bits per heavy atom. The summed E-state index contributed by atoms with van der Waals surface area (Å²) in [5.74, 6) is 0.767. The lowest BCUT2D eigenvalue weighted by atomic mass is 9.92. The molecule has 19 heavy (non-hydrogen) atoms. The Morgan fingerprint density at radius 1 is 1.42 bits per heavy atom. The van der Waals surface area contributed by atoms with Gasteiger partial charge in [-0.1, -0.05) is 6.92 Å². The van der Waals surface area contributed by atoms with Gasteiger partial charge in [0.1, 0.15) is 6.61 Å². The zero-order chi connectivity index (χ0) is 12.3. The number of likely N-dealkylation sites (tertiary alicyclic amines) is 1. The van der Waals surface area contributed by atoms with Crippen LogP contribution in [0.25, 0.3) is 0 Å². The molecule has 2 aliphatic heterocycles. The van der Waals surface area contributed by atoms with Crippen molar-refractivity contribution in [1.82, 2.24) is 10.2 Å². The van der Waals surface area contributed by atoms with E-state index in [1.54, 1.807) is 0 Å². The highest BCUT2D eigenvalue weighted by molar-refractivity contribution is 5.85. The zero-order valence-electron chi connectivity index (χ0n) is 11.3. The number of hydrogen-bond acceptors (Lipinski definition) is 4. The van der Waals surface area contributed by atoms with Crippen molar-refractivity contribution in [1.29, 1.82) is 0 Å². The molecule has 7 heteroatoms. The van der Waals surface area contributed by atoms with Crippen LogP contribution >= 0.6 is 24.8 Å². The van der Waals surface area contributed by atoms with E-state index >= 15 is 0 Å². The second-order valence-corrected chi connectivity index (χ2v) is 5.20. The van der Waals surface area contributed by atoms with Crippen LogP contribution in [0, 0.1) is 5.92 Å². The summed E-state index contributed by atoms with van der Waals surface area (Å²) in [5, 5.41) is 3.12. The van der Waals surface area contributed by atoms with Gasteiger partial charge in [0.15, 0.2) is 0 Å². The number of ether oxygens (including phenoxy) is 1. The highest BCUT2D eigenvalue weighted by Gasteiger charge is 2.29. The van der Waals surface area contributed by atoms with Crippen molar-refractivity contribution in [2.45, 2.75) is 31.9 Å². The molecule has 2 heterocycles. The van der Waals surface area contributed by atoms with E-state index in [4.69, 9.17) is 10.5 Å². The average molecular weight is 314 g/mol. The predicted octanol–water partition coefficient (Wildman–Crippen LogP) is 0.404. The van der Waals surface area contributed by atoms with Gasteiger partial charge in [0.25, 0.3) is 0 Å². The molecule has 0 aromatic rings. The number of halogens is 2. The summed E-state index contributed by atoms with van der Waals surface area (Å²) in [6.45, 7) is 5.54. The van der Waals surface area contributed by atoms with Crippen LogP contribution < -0.4 is 11.1 Å². The Bertz CT molecular complexity index is 278. The van der Waals surface area contributed by atoms with Crippen LogP contribution in [0.4, 0.5) is 0 Å². The Hall–Kier alpha value is -0.0700. The van der Waals surface area contributed by atoms with Crippen molar-refractivity contribution in [2.24, 2.45) is 11.7 Å². The van der Waals surface area contributed by atoms with Crippen LogP contribution in [0.2, 0.25) is 0 Å². The van der Waals surface area contributed by atoms with Gasteiger partial charge in [-0.15, -0.1) is 24.8 Å². The first kappa shape index (κ1) is 18.9. The number of nitrogens with two attached hydrogens (primary N) is 1. The number of nitrogens with one attached hydrogen (secondary N) is 1. The maximum atomic E-state index is 12.0. The summed E-state index contributed by atoms with van der Waals surface area (Å²) in [6, 6.07) is 0.203. The summed E-state index contributed by atoms with van der Waals surface area (Å²) >= 11 is 0. The molecule has 0 spiro atoms. The fraction of sp³-hybridized carbons (Fsp3) is 0.917. The lowest BCUT2D eigenvalue weighted by Crippen LogP contribution is -2.53. The predicted molar refractivity (Wildman–Crippen MR) is 80.1 cm³/mol. The lowest BCUT2D eigenvalue weighted by molar-refractivity contribution is -0.143. The van der Waals surface area contributed by atoms with Gasteiger partial charge in [0.05, 0.1) is 6.10 Å². The van der Waals surface area contributed by atoms with Crippen LogP contribution in [-0.2, 0) is 9.53 Å². The van der Waals surface area contributed by atoms with Gasteiger partial charge in [0, 0.05) is 32.2 Å². The van der Waals surface area contributed by atoms with Crippen molar-refractivity contribution >= 4 is 30.7 Å². The maximum Gasteiger partial charge on any atom is 0.248 e. The Morgan fingerprint density at radius 3 is 2.63 bits per heavy atom. The summed E-state index contributed by atoms with van der Waals surface area (Å²) in [5.41, 5.74) is 5.74. The Balaban J connectivity index is 0.00000162. The molecule has 0 bridgehead atoms. The molecule has 1 amide bonds. The highest BCUT2D eigenvalue weighted by Crippen LogP contribution is 2.22. The number of piperidine rings is 1. The topological polar surface area (TPSA) is 67.6 Å². The molecule has 2 unspecified atom stereocenters. The van der Waals surface area contributed by atoms with E-state index < -0.39 is 0 Å². The second-order valence-electron chi connectivity index (χ2n) is 5.20. The SMILES string of the molecule is CC1CCN(C(=O)COC2CNC2)C(CN)C1.Cl.Cl. The van der Waals surface area contributed by atoms with Crippen molar-refractivity contribution in [3.05, 3.63) is 0 Å². The normalized spacial score (nSPS) is 26.9. The summed E-state index contributed by atoms with van der Waals surface area (Å²) in [6.07, 6.45) is 2.32. The number of carbonyl (C=O) groups excluding carboxylic acids is 1. The van der Waals surface area contributed by atoms with E-state index in [2.05, 4.69) is 12.2 Å². The van der Waals surface area contributed by atoms with Crippen molar-refractivity contribution in [2.75, 3.05) is 32.8 Å². The van der Waals surface area contributed by atoms with Crippen LogP contribution in [0.3, 0.4) is 0 Å². The third-order valence-electron chi connectivity index (χ3n) is 3.76. The maximum absolute atomic E-state index is 12.0. The van der Waals surface area contributed by atoms with E-state index in [-0.39, 0.29) is 49.5 Å². The van der Waals surface area contributed by atoms with Crippen molar-refractivity contribution in [3.63, 3.8) is 0 Å². The average Bonchev–Trinajstić information content (AvgIpc) is 2.26. The molecule has 114 valence electrons. The molecule has 0 saturated carbocycles. The van der Waals surface area contributed by atoms with Crippen LogP contribution in [0.15, 0.2) is 0 Å². The first-order valence-corrected chi connectivity index (χ1v) is 6.52. The standard InChI is InChI=1S/C12H23N3O2.2ClH/c1-9-2-3-15(10(4-9)5-13)12(16)8-17-11-6-14-7-11;;/h9-11,14H,2-8,13H2,1H3;2*1H. The van der Waals surface area contributed by atoms with Crippen LogP contribution in [-0.4, -0.2) is 55.7 Å². The zero-order valence-corrected chi connectivity index (χ0v) is 13.0. The molecule has 2 fully saturated rings. The molecule has 2 atom stereocenters. The molecule has 2 saturated heterocycles. The number of nitrogens with zero attached hydrogens (tertiary/aromatic N) is 1. The molecule has 0 aliphatic carbocycles. The minimum Gasteiger partial charge on any atom is -0.366 e. The third kappa shape index (κ3) is 5.08. The molecule has 0 aromatic heterocycles. The molecule has 0 aromatic carbocycles. The van der Waals surface area contributed by atoms with Gasteiger partial charge in [-0.25, -0.2) is 0 Å². The Labute approximate surface area is 127 Å². The van der Waals surface area contributed by atoms with E-state index in [1.807, 2.05) is 4.90 Å². The molecule has 2 aliphatic rings. The fourth-order valence-corrected chi connectivity index (χ4v) is 2.46. The molecule has 3 N–H and O–H groups in total.